The van der Waals surface area contributed by atoms with E-state index >= 15 is 0 Å². The highest BCUT2D eigenvalue weighted by Gasteiger charge is 2.09. The van der Waals surface area contributed by atoms with Crippen LogP contribution in [0.15, 0.2) is 58.0 Å². The van der Waals surface area contributed by atoms with E-state index in [1.165, 1.54) is 0 Å². The molecule has 2 N–H and O–H groups in total. The topological polar surface area (TPSA) is 84.6 Å². The van der Waals surface area contributed by atoms with Crippen LogP contribution in [0, 0.1) is 0 Å². The number of rotatable bonds is 9. The SMILES string of the molecule is CCCc1noc(-c2cccc(CNC(=NC)NCCc3ccccc3OC)c2)n1.I. The fraction of sp³-hybridized carbons (Fsp3) is 0.348. The highest BCUT2D eigenvalue weighted by atomic mass is 127. The van der Waals surface area contributed by atoms with Gasteiger partial charge in [0.2, 0.25) is 0 Å². The summed E-state index contributed by atoms with van der Waals surface area (Å²) in [6.45, 7) is 3.49. The summed E-state index contributed by atoms with van der Waals surface area (Å²) < 4.78 is 10.8. The summed E-state index contributed by atoms with van der Waals surface area (Å²) in [4.78, 5) is 8.77. The van der Waals surface area contributed by atoms with Crippen LogP contribution in [0.5, 0.6) is 5.75 Å². The molecule has 7 nitrogen and oxygen atoms in total. The maximum Gasteiger partial charge on any atom is 0.257 e. The lowest BCUT2D eigenvalue weighted by Gasteiger charge is -2.13. The predicted octanol–water partition coefficient (Wildman–Crippen LogP) is 4.22. The first kappa shape index (κ1) is 24.6. The van der Waals surface area contributed by atoms with Crippen molar-refractivity contribution in [1.82, 2.24) is 20.8 Å². The predicted molar refractivity (Wildman–Crippen MR) is 134 cm³/mol. The van der Waals surface area contributed by atoms with Gasteiger partial charge in [-0.25, -0.2) is 0 Å². The number of nitrogens with zero attached hydrogens (tertiary/aromatic N) is 3. The van der Waals surface area contributed by atoms with Gasteiger partial charge in [0.05, 0.1) is 7.11 Å². The van der Waals surface area contributed by atoms with Crippen molar-refractivity contribution in [3.05, 3.63) is 65.5 Å². The number of para-hydroxylation sites is 1. The molecule has 3 rings (SSSR count). The molecule has 0 aliphatic rings. The summed E-state index contributed by atoms with van der Waals surface area (Å²) in [5.74, 6) is 2.95. The molecule has 0 aliphatic heterocycles. The van der Waals surface area contributed by atoms with Crippen molar-refractivity contribution in [3.63, 3.8) is 0 Å². The Labute approximate surface area is 200 Å². The molecule has 31 heavy (non-hydrogen) atoms. The van der Waals surface area contributed by atoms with Gasteiger partial charge in [-0.15, -0.1) is 24.0 Å². The Balaban J connectivity index is 0.00000341. The molecule has 0 bridgehead atoms. The molecule has 0 amide bonds. The Kier molecular flexibility index (Phi) is 10.3. The van der Waals surface area contributed by atoms with E-state index in [0.717, 1.165) is 60.0 Å². The molecular weight excluding hydrogens is 505 g/mol. The van der Waals surface area contributed by atoms with Gasteiger partial charge in [-0.2, -0.15) is 4.98 Å². The molecule has 1 heterocycles. The number of aromatic nitrogens is 2. The first-order chi connectivity index (χ1) is 14.7. The number of hydrogen-bond acceptors (Lipinski definition) is 5. The second kappa shape index (κ2) is 12.9. The molecule has 0 spiro atoms. The zero-order valence-corrected chi connectivity index (χ0v) is 20.6. The van der Waals surface area contributed by atoms with Crippen molar-refractivity contribution in [3.8, 4) is 17.2 Å². The highest BCUT2D eigenvalue weighted by Crippen LogP contribution is 2.19. The molecule has 0 radical (unpaired) electrons. The number of benzene rings is 2. The summed E-state index contributed by atoms with van der Waals surface area (Å²) in [5, 5.41) is 10.7. The average molecular weight is 535 g/mol. The minimum absolute atomic E-state index is 0. The lowest BCUT2D eigenvalue weighted by molar-refractivity contribution is 0.409. The van der Waals surface area contributed by atoms with Gasteiger partial charge in [0.25, 0.3) is 5.89 Å². The second-order valence-corrected chi connectivity index (χ2v) is 6.88. The molecule has 0 saturated carbocycles. The molecule has 0 atom stereocenters. The fourth-order valence-corrected chi connectivity index (χ4v) is 3.14. The van der Waals surface area contributed by atoms with Crippen molar-refractivity contribution in [2.45, 2.75) is 32.7 Å². The number of nitrogens with one attached hydrogen (secondary N) is 2. The number of aryl methyl sites for hydroxylation is 1. The lowest BCUT2D eigenvalue weighted by Crippen LogP contribution is -2.37. The maximum absolute atomic E-state index is 5.41. The van der Waals surface area contributed by atoms with E-state index < -0.39 is 0 Å². The van der Waals surface area contributed by atoms with E-state index in [1.807, 2.05) is 30.3 Å². The third kappa shape index (κ3) is 7.23. The Hall–Kier alpha value is -2.62. The van der Waals surface area contributed by atoms with E-state index in [2.05, 4.69) is 50.9 Å². The number of methoxy groups -OCH3 is 1. The van der Waals surface area contributed by atoms with Gasteiger partial charge in [0.1, 0.15) is 5.75 Å². The number of ether oxygens (including phenoxy) is 1. The van der Waals surface area contributed by atoms with Crippen molar-refractivity contribution >= 4 is 29.9 Å². The van der Waals surface area contributed by atoms with Gasteiger partial charge in [-0.3, -0.25) is 4.99 Å². The normalized spacial score (nSPS) is 11.0. The number of aliphatic imine (C=N–C) groups is 1. The highest BCUT2D eigenvalue weighted by molar-refractivity contribution is 14.0. The number of hydrogen-bond donors (Lipinski definition) is 2. The summed E-state index contributed by atoms with van der Waals surface area (Å²) in [5.41, 5.74) is 3.19. The van der Waals surface area contributed by atoms with Crippen LogP contribution < -0.4 is 15.4 Å². The van der Waals surface area contributed by atoms with E-state index in [-0.39, 0.29) is 24.0 Å². The first-order valence-corrected chi connectivity index (χ1v) is 10.2. The summed E-state index contributed by atoms with van der Waals surface area (Å²) in [6, 6.07) is 16.1. The van der Waals surface area contributed by atoms with Crippen LogP contribution in [-0.2, 0) is 19.4 Å². The molecule has 3 aromatic rings. The monoisotopic (exact) mass is 535 g/mol. The number of halogens is 1. The summed E-state index contributed by atoms with van der Waals surface area (Å²) >= 11 is 0. The lowest BCUT2D eigenvalue weighted by atomic mass is 10.1. The van der Waals surface area contributed by atoms with Crippen LogP contribution in [0.1, 0.15) is 30.3 Å². The van der Waals surface area contributed by atoms with Gasteiger partial charge >= 0.3 is 0 Å². The quantitative estimate of drug-likeness (QED) is 0.243. The van der Waals surface area contributed by atoms with Crippen LogP contribution in [0.2, 0.25) is 0 Å². The van der Waals surface area contributed by atoms with E-state index in [1.54, 1.807) is 14.2 Å². The Morgan fingerprint density at radius 1 is 1.10 bits per heavy atom. The van der Waals surface area contributed by atoms with Crippen molar-refractivity contribution in [2.24, 2.45) is 4.99 Å². The molecular formula is C23H30IN5O2. The Morgan fingerprint density at radius 3 is 2.71 bits per heavy atom. The smallest absolute Gasteiger partial charge is 0.257 e. The minimum Gasteiger partial charge on any atom is -0.496 e. The molecule has 1 aromatic heterocycles. The molecule has 0 saturated heterocycles. The largest absolute Gasteiger partial charge is 0.496 e. The Bertz CT molecular complexity index is 974. The number of guanidine groups is 1. The minimum atomic E-state index is 0. The van der Waals surface area contributed by atoms with Gasteiger partial charge in [0.15, 0.2) is 11.8 Å². The molecule has 0 aliphatic carbocycles. The van der Waals surface area contributed by atoms with Crippen LogP contribution in [0.25, 0.3) is 11.5 Å². The summed E-state index contributed by atoms with van der Waals surface area (Å²) in [6.07, 6.45) is 2.66. The first-order valence-electron chi connectivity index (χ1n) is 10.2. The second-order valence-electron chi connectivity index (χ2n) is 6.88. The van der Waals surface area contributed by atoms with Crippen LogP contribution in [-0.4, -0.2) is 36.8 Å². The van der Waals surface area contributed by atoms with Crippen molar-refractivity contribution in [1.29, 1.82) is 0 Å². The van der Waals surface area contributed by atoms with Gasteiger partial charge in [-0.1, -0.05) is 42.4 Å². The maximum atomic E-state index is 5.41. The van der Waals surface area contributed by atoms with Gasteiger partial charge in [-0.05, 0) is 42.2 Å². The van der Waals surface area contributed by atoms with Crippen molar-refractivity contribution < 1.29 is 9.26 Å². The average Bonchev–Trinajstić information content (AvgIpc) is 3.25. The standard InChI is InChI=1S/C23H29N5O2.HI/c1-4-8-21-27-22(30-28-21)19-11-7-9-17(15-19)16-26-23(24-2)25-14-13-18-10-5-6-12-20(18)29-3;/h5-7,9-12,15H,4,8,13-14,16H2,1-3H3,(H2,24,25,26);1H. The van der Waals surface area contributed by atoms with Crippen LogP contribution in [0.3, 0.4) is 0 Å². The fourth-order valence-electron chi connectivity index (χ4n) is 3.14. The molecule has 8 heteroatoms. The summed E-state index contributed by atoms with van der Waals surface area (Å²) in [7, 11) is 3.46. The van der Waals surface area contributed by atoms with Crippen molar-refractivity contribution in [2.75, 3.05) is 20.7 Å². The third-order valence-corrected chi connectivity index (χ3v) is 4.68. The van der Waals surface area contributed by atoms with E-state index in [9.17, 15) is 0 Å². The molecule has 0 fully saturated rings. The third-order valence-electron chi connectivity index (χ3n) is 4.68. The van der Waals surface area contributed by atoms with E-state index in [4.69, 9.17) is 9.26 Å². The van der Waals surface area contributed by atoms with Gasteiger partial charge in [0, 0.05) is 32.1 Å². The zero-order valence-electron chi connectivity index (χ0n) is 18.2. The molecule has 166 valence electrons. The zero-order chi connectivity index (χ0) is 21.2. The van der Waals surface area contributed by atoms with Gasteiger partial charge < -0.3 is 19.9 Å². The van der Waals surface area contributed by atoms with E-state index in [0.29, 0.717) is 12.4 Å². The molecule has 2 aromatic carbocycles. The Morgan fingerprint density at radius 2 is 1.94 bits per heavy atom. The van der Waals surface area contributed by atoms with Crippen LogP contribution >= 0.6 is 24.0 Å². The molecule has 0 unspecified atom stereocenters. The van der Waals surface area contributed by atoms with Crippen LogP contribution in [0.4, 0.5) is 0 Å².